The van der Waals surface area contributed by atoms with Crippen molar-refractivity contribution >= 4 is 17.7 Å². The molecule has 1 aromatic rings. The van der Waals surface area contributed by atoms with Crippen LogP contribution in [-0.2, 0) is 6.61 Å². The Morgan fingerprint density at radius 1 is 1.54 bits per heavy atom. The van der Waals surface area contributed by atoms with Crippen molar-refractivity contribution in [3.8, 4) is 6.07 Å². The van der Waals surface area contributed by atoms with Crippen LogP contribution < -0.4 is 0 Å². The Kier molecular flexibility index (Phi) is 3.51. The van der Waals surface area contributed by atoms with E-state index in [1.165, 1.54) is 6.08 Å². The van der Waals surface area contributed by atoms with Crippen LogP contribution in [0.3, 0.4) is 0 Å². The summed E-state index contributed by atoms with van der Waals surface area (Å²) in [6, 6.07) is 7.05. The minimum absolute atomic E-state index is 0.0777. The minimum atomic E-state index is -0.0777. The van der Waals surface area contributed by atoms with Gasteiger partial charge in [0, 0.05) is 11.1 Å². The molecule has 0 aromatic heterocycles. The summed E-state index contributed by atoms with van der Waals surface area (Å²) in [5, 5.41) is 17.9. The zero-order valence-corrected chi connectivity index (χ0v) is 7.62. The zero-order valence-electron chi connectivity index (χ0n) is 6.87. The molecule has 0 fully saturated rings. The lowest BCUT2D eigenvalue weighted by Crippen LogP contribution is -1.87. The van der Waals surface area contributed by atoms with Crippen molar-refractivity contribution in [2.75, 3.05) is 0 Å². The Bertz CT molecular complexity index is 366. The molecule has 0 saturated carbocycles. The molecule has 0 unspecified atom stereocenters. The van der Waals surface area contributed by atoms with Gasteiger partial charge >= 0.3 is 0 Å². The lowest BCUT2D eigenvalue weighted by molar-refractivity contribution is 0.281. The van der Waals surface area contributed by atoms with Gasteiger partial charge in [-0.05, 0) is 29.3 Å². The number of halogens is 1. The first-order valence-corrected chi connectivity index (χ1v) is 4.11. The molecular weight excluding hydrogens is 186 g/mol. The summed E-state index contributed by atoms with van der Waals surface area (Å²) in [6.07, 6.45) is 3.00. The van der Waals surface area contributed by atoms with E-state index in [2.05, 4.69) is 0 Å². The minimum Gasteiger partial charge on any atom is -0.392 e. The van der Waals surface area contributed by atoms with Crippen LogP contribution in [0.25, 0.3) is 6.08 Å². The number of nitrogens with zero attached hydrogens (tertiary/aromatic N) is 1. The summed E-state index contributed by atoms with van der Waals surface area (Å²) in [6.45, 7) is -0.0777. The van der Waals surface area contributed by atoms with Crippen molar-refractivity contribution in [2.24, 2.45) is 0 Å². The van der Waals surface area contributed by atoms with Crippen LogP contribution in [0, 0.1) is 11.3 Å². The van der Waals surface area contributed by atoms with Gasteiger partial charge in [-0.15, -0.1) is 0 Å². The topological polar surface area (TPSA) is 44.0 Å². The molecule has 0 radical (unpaired) electrons. The standard InChI is InChI=1S/C10H8ClNO/c11-10-4-3-8(2-1-5-12)9(6-10)7-13/h1-4,6,13H,7H2. The summed E-state index contributed by atoms with van der Waals surface area (Å²) < 4.78 is 0. The Morgan fingerprint density at radius 3 is 2.92 bits per heavy atom. The summed E-state index contributed by atoms with van der Waals surface area (Å²) >= 11 is 5.73. The third kappa shape index (κ3) is 2.59. The Hall–Kier alpha value is -1.30. The van der Waals surface area contributed by atoms with Crippen molar-refractivity contribution in [1.82, 2.24) is 0 Å². The van der Waals surface area contributed by atoms with Crippen molar-refractivity contribution in [2.45, 2.75) is 6.61 Å². The lowest BCUT2D eigenvalue weighted by Gasteiger charge is -2.01. The average Bonchev–Trinajstić information content (AvgIpc) is 2.16. The fourth-order valence-electron chi connectivity index (χ4n) is 1.00. The Labute approximate surface area is 81.7 Å². The number of aliphatic hydroxyl groups is 1. The molecule has 1 N–H and O–H groups in total. The summed E-state index contributed by atoms with van der Waals surface area (Å²) in [5.41, 5.74) is 1.53. The SMILES string of the molecule is N#CC=Cc1ccc(Cl)cc1CO. The lowest BCUT2D eigenvalue weighted by atomic mass is 10.1. The van der Waals surface area contributed by atoms with Crippen LogP contribution in [0.15, 0.2) is 24.3 Å². The smallest absolute Gasteiger partial charge is 0.0912 e. The first-order valence-electron chi connectivity index (χ1n) is 3.73. The molecule has 0 aliphatic carbocycles. The highest BCUT2D eigenvalue weighted by atomic mass is 35.5. The normalized spacial score (nSPS) is 10.2. The van der Waals surface area contributed by atoms with Crippen molar-refractivity contribution < 1.29 is 5.11 Å². The van der Waals surface area contributed by atoms with Crippen LogP contribution in [0.4, 0.5) is 0 Å². The van der Waals surface area contributed by atoms with Gasteiger partial charge < -0.3 is 5.11 Å². The largest absolute Gasteiger partial charge is 0.392 e. The number of benzene rings is 1. The first-order chi connectivity index (χ1) is 6.27. The van der Waals surface area contributed by atoms with Gasteiger partial charge in [-0.25, -0.2) is 0 Å². The second kappa shape index (κ2) is 4.66. The number of aliphatic hydroxyl groups excluding tert-OH is 1. The molecule has 0 amide bonds. The van der Waals surface area contributed by atoms with Crippen LogP contribution in [0.1, 0.15) is 11.1 Å². The van der Waals surface area contributed by atoms with E-state index < -0.39 is 0 Å². The third-order valence-electron chi connectivity index (χ3n) is 1.61. The highest BCUT2D eigenvalue weighted by Gasteiger charge is 1.98. The van der Waals surface area contributed by atoms with Crippen LogP contribution in [0.2, 0.25) is 5.02 Å². The van der Waals surface area contributed by atoms with E-state index in [0.717, 1.165) is 11.1 Å². The molecule has 0 heterocycles. The Morgan fingerprint density at radius 2 is 2.31 bits per heavy atom. The molecule has 13 heavy (non-hydrogen) atoms. The van der Waals surface area contributed by atoms with Gasteiger partial charge in [-0.1, -0.05) is 17.7 Å². The molecule has 0 spiro atoms. The van der Waals surface area contributed by atoms with Gasteiger partial charge in [0.15, 0.2) is 0 Å². The second-order valence-electron chi connectivity index (χ2n) is 2.46. The van der Waals surface area contributed by atoms with Crippen molar-refractivity contribution in [3.05, 3.63) is 40.4 Å². The van der Waals surface area contributed by atoms with Gasteiger partial charge in [0.25, 0.3) is 0 Å². The number of hydrogen-bond donors (Lipinski definition) is 1. The quantitative estimate of drug-likeness (QED) is 0.733. The fraction of sp³-hybridized carbons (Fsp3) is 0.100. The first kappa shape index (κ1) is 9.79. The monoisotopic (exact) mass is 193 g/mol. The molecule has 0 bridgehead atoms. The second-order valence-corrected chi connectivity index (χ2v) is 2.90. The predicted molar refractivity (Wildman–Crippen MR) is 52.0 cm³/mol. The average molecular weight is 194 g/mol. The fourth-order valence-corrected chi connectivity index (χ4v) is 1.20. The Balaban J connectivity index is 3.07. The molecule has 1 aromatic carbocycles. The van der Waals surface area contributed by atoms with Crippen LogP contribution >= 0.6 is 11.6 Å². The van der Waals surface area contributed by atoms with E-state index in [1.54, 1.807) is 24.3 Å². The maximum absolute atomic E-state index is 8.97. The third-order valence-corrected chi connectivity index (χ3v) is 1.85. The van der Waals surface area contributed by atoms with E-state index in [1.807, 2.05) is 6.07 Å². The molecule has 1 rings (SSSR count). The van der Waals surface area contributed by atoms with E-state index in [-0.39, 0.29) is 6.61 Å². The predicted octanol–water partition coefficient (Wildman–Crippen LogP) is 2.37. The summed E-state index contributed by atoms with van der Waals surface area (Å²) in [5.74, 6) is 0. The van der Waals surface area contributed by atoms with Gasteiger partial charge in [0.1, 0.15) is 0 Å². The van der Waals surface area contributed by atoms with E-state index >= 15 is 0 Å². The maximum atomic E-state index is 8.97. The van der Waals surface area contributed by atoms with E-state index in [9.17, 15) is 0 Å². The summed E-state index contributed by atoms with van der Waals surface area (Å²) in [4.78, 5) is 0. The van der Waals surface area contributed by atoms with Crippen molar-refractivity contribution in [1.29, 1.82) is 5.26 Å². The molecule has 0 atom stereocenters. The van der Waals surface area contributed by atoms with Gasteiger partial charge in [-0.2, -0.15) is 5.26 Å². The number of allylic oxidation sites excluding steroid dienone is 1. The zero-order chi connectivity index (χ0) is 9.68. The molecule has 0 saturated heterocycles. The molecule has 3 heteroatoms. The van der Waals surface area contributed by atoms with Crippen molar-refractivity contribution in [3.63, 3.8) is 0 Å². The number of nitriles is 1. The molecule has 0 aliphatic heterocycles. The number of rotatable bonds is 2. The van der Waals surface area contributed by atoms with Gasteiger partial charge in [-0.3, -0.25) is 0 Å². The molecular formula is C10H8ClNO. The van der Waals surface area contributed by atoms with Crippen LogP contribution in [0.5, 0.6) is 0 Å². The van der Waals surface area contributed by atoms with E-state index in [4.69, 9.17) is 22.0 Å². The summed E-state index contributed by atoms with van der Waals surface area (Å²) in [7, 11) is 0. The maximum Gasteiger partial charge on any atom is 0.0912 e. The highest BCUT2D eigenvalue weighted by molar-refractivity contribution is 6.30. The highest BCUT2D eigenvalue weighted by Crippen LogP contribution is 2.17. The van der Waals surface area contributed by atoms with Gasteiger partial charge in [0.2, 0.25) is 0 Å². The molecule has 66 valence electrons. The van der Waals surface area contributed by atoms with E-state index in [0.29, 0.717) is 5.02 Å². The molecule has 0 aliphatic rings. The molecule has 2 nitrogen and oxygen atoms in total. The van der Waals surface area contributed by atoms with Gasteiger partial charge in [0.05, 0.1) is 12.7 Å². The van der Waals surface area contributed by atoms with Crippen LogP contribution in [-0.4, -0.2) is 5.11 Å². The number of hydrogen-bond acceptors (Lipinski definition) is 2.